The Balaban J connectivity index is 0.000000108. The first-order valence-electron chi connectivity index (χ1n) is 48.6. The van der Waals surface area contributed by atoms with Crippen molar-refractivity contribution in [1.29, 1.82) is 0 Å². The molecule has 676 valence electrons. The molecule has 6 aromatic heterocycles. The SMILES string of the molecule is c1ccc(-c2nc3cccc4c3n2-c2ccc(-c3ccc(-c5ccc6ccc7cccnc7c6n5)cc3)cc2N4c2ccccc2)cc1.c1ccc(-c2nc3cccc4c3n2-c2ccc(-c3ccc(-c5nc6ccccc6s5)cc3)cc2N4c2ccccc2)cc1.c1ccc(-c2nc3cccc4c3n2-c2ccc(-c3ccc([Si](c5ccccc5)(c5ccccc5)c5ccccc5)cc3)cc2N4c2ccccc2)cc1. The largest absolute Gasteiger partial charge is 0.306 e. The fourth-order valence-corrected chi connectivity index (χ4v) is 27.3. The average molecular weight is 1880 g/mol. The molecular formula is C130H86N12SSi. The summed E-state index contributed by atoms with van der Waals surface area (Å²) in [5, 5.41) is 8.70. The topological polar surface area (TPSA) is 102 Å². The van der Waals surface area contributed by atoms with Gasteiger partial charge >= 0.3 is 0 Å². The number of aromatic nitrogens is 9. The minimum atomic E-state index is -2.62. The van der Waals surface area contributed by atoms with Crippen molar-refractivity contribution in [2.75, 3.05) is 14.7 Å². The highest BCUT2D eigenvalue weighted by atomic mass is 32.1. The molecule has 0 atom stereocenters. The Bertz CT molecular complexity index is 9230. The highest BCUT2D eigenvalue weighted by Gasteiger charge is 2.42. The molecule has 29 rings (SSSR count). The van der Waals surface area contributed by atoms with Crippen molar-refractivity contribution in [1.82, 2.24) is 43.6 Å². The average Bonchev–Trinajstić information content (AvgIpc) is 1.56. The molecule has 0 bridgehead atoms. The molecule has 0 fully saturated rings. The summed E-state index contributed by atoms with van der Waals surface area (Å²) in [6.45, 7) is 0. The smallest absolute Gasteiger partial charge is 0.179 e. The number of thiazole rings is 1. The van der Waals surface area contributed by atoms with Gasteiger partial charge in [-0.2, -0.15) is 0 Å². The van der Waals surface area contributed by atoms with Gasteiger partial charge < -0.3 is 14.7 Å². The Hall–Kier alpha value is -18.9. The number of hydrogen-bond acceptors (Lipinski definition) is 10. The molecule has 0 unspecified atom stereocenters. The number of fused-ring (bicyclic) bond motifs is 10. The van der Waals surface area contributed by atoms with Crippen LogP contribution in [0.3, 0.4) is 0 Å². The summed E-state index contributed by atoms with van der Waals surface area (Å²) in [6, 6.07) is 184. The molecule has 0 N–H and O–H groups in total. The predicted octanol–water partition coefficient (Wildman–Crippen LogP) is 30.8. The fraction of sp³-hybridized carbons (Fsp3) is 0. The second-order valence-electron chi connectivity index (χ2n) is 36.4. The van der Waals surface area contributed by atoms with E-state index in [2.05, 4.69) is 525 Å². The van der Waals surface area contributed by atoms with E-state index in [1.807, 2.05) is 30.5 Å². The second-order valence-corrected chi connectivity index (χ2v) is 41.3. The maximum Gasteiger partial charge on any atom is 0.179 e. The molecular weight excluding hydrogens is 1790 g/mol. The number of imidazole rings is 3. The van der Waals surface area contributed by atoms with Crippen LogP contribution in [-0.2, 0) is 0 Å². The second kappa shape index (κ2) is 35.5. The van der Waals surface area contributed by atoms with Gasteiger partial charge in [-0.05, 0) is 188 Å². The van der Waals surface area contributed by atoms with E-state index in [4.69, 9.17) is 24.9 Å². The van der Waals surface area contributed by atoms with Gasteiger partial charge in [0.1, 0.15) is 22.5 Å². The van der Waals surface area contributed by atoms with E-state index < -0.39 is 8.07 Å². The van der Waals surface area contributed by atoms with Gasteiger partial charge in [-0.25, -0.2) is 24.9 Å². The predicted molar refractivity (Wildman–Crippen MR) is 599 cm³/mol. The van der Waals surface area contributed by atoms with Gasteiger partial charge in [0.05, 0.1) is 111 Å². The van der Waals surface area contributed by atoms with Crippen LogP contribution in [0, 0.1) is 0 Å². The lowest BCUT2D eigenvalue weighted by molar-refractivity contribution is 1.06. The van der Waals surface area contributed by atoms with E-state index in [9.17, 15) is 0 Å². The Morgan fingerprint density at radius 3 is 0.910 bits per heavy atom. The molecule has 9 heterocycles. The van der Waals surface area contributed by atoms with Crippen LogP contribution in [0.1, 0.15) is 0 Å². The molecule has 20 aromatic carbocycles. The van der Waals surface area contributed by atoms with Crippen molar-refractivity contribution in [2.24, 2.45) is 0 Å². The van der Waals surface area contributed by atoms with Crippen molar-refractivity contribution < 1.29 is 0 Å². The number of pyridine rings is 2. The summed E-state index contributed by atoms with van der Waals surface area (Å²) in [5.41, 5.74) is 35.9. The first-order chi connectivity index (χ1) is 71.4. The summed E-state index contributed by atoms with van der Waals surface area (Å²) in [5.74, 6) is 2.84. The number of anilines is 9. The Labute approximate surface area is 836 Å². The zero-order valence-electron chi connectivity index (χ0n) is 77.9. The lowest BCUT2D eigenvalue weighted by Gasteiger charge is -2.34. The third-order valence-electron chi connectivity index (χ3n) is 28.2. The van der Waals surface area contributed by atoms with E-state index in [1.54, 1.807) is 11.3 Å². The Morgan fingerprint density at radius 1 is 0.194 bits per heavy atom. The van der Waals surface area contributed by atoms with Crippen LogP contribution in [0.4, 0.5) is 51.2 Å². The summed E-state index contributed by atoms with van der Waals surface area (Å²) in [4.78, 5) is 37.2. The quantitative estimate of drug-likeness (QED) is 0.0564. The maximum absolute atomic E-state index is 5.21. The molecule has 0 aliphatic carbocycles. The van der Waals surface area contributed by atoms with Crippen LogP contribution in [-0.4, -0.2) is 51.7 Å². The van der Waals surface area contributed by atoms with Crippen molar-refractivity contribution >= 4 is 156 Å². The number of para-hydroxylation sites is 7. The first kappa shape index (κ1) is 84.4. The molecule has 12 nitrogen and oxygen atoms in total. The van der Waals surface area contributed by atoms with Crippen LogP contribution < -0.4 is 35.4 Å². The third-order valence-corrected chi connectivity index (χ3v) is 34.1. The first-order valence-corrected chi connectivity index (χ1v) is 51.4. The maximum atomic E-state index is 5.21. The minimum absolute atomic E-state index is 0.925. The molecule has 3 aliphatic heterocycles. The van der Waals surface area contributed by atoms with Crippen LogP contribution in [0.5, 0.6) is 0 Å². The monoisotopic (exact) mass is 1870 g/mol. The van der Waals surface area contributed by atoms with Crippen LogP contribution in [0.2, 0.25) is 0 Å². The highest BCUT2D eigenvalue weighted by molar-refractivity contribution is 7.21. The van der Waals surface area contributed by atoms with Crippen molar-refractivity contribution in [3.05, 3.63) is 522 Å². The van der Waals surface area contributed by atoms with E-state index >= 15 is 0 Å². The summed E-state index contributed by atoms with van der Waals surface area (Å²) >= 11 is 1.73. The van der Waals surface area contributed by atoms with Crippen molar-refractivity contribution in [2.45, 2.75) is 0 Å². The van der Waals surface area contributed by atoms with E-state index in [0.29, 0.717) is 0 Å². The lowest BCUT2D eigenvalue weighted by Crippen LogP contribution is -2.74. The molecule has 0 radical (unpaired) electrons. The molecule has 0 amide bonds. The zero-order valence-corrected chi connectivity index (χ0v) is 79.7. The van der Waals surface area contributed by atoms with Crippen LogP contribution in [0.15, 0.2) is 522 Å². The molecule has 0 saturated carbocycles. The molecule has 26 aromatic rings. The molecule has 0 spiro atoms. The highest BCUT2D eigenvalue weighted by Crippen LogP contribution is 2.54. The van der Waals surface area contributed by atoms with Gasteiger partial charge in [0, 0.05) is 61.8 Å². The van der Waals surface area contributed by atoms with Gasteiger partial charge in [0.25, 0.3) is 0 Å². The number of benzene rings is 20. The van der Waals surface area contributed by atoms with Gasteiger partial charge in [0.15, 0.2) is 8.07 Å². The zero-order chi connectivity index (χ0) is 95.1. The van der Waals surface area contributed by atoms with E-state index in [1.165, 1.54) is 42.1 Å². The molecule has 3 aliphatic rings. The summed E-state index contributed by atoms with van der Waals surface area (Å²) in [7, 11) is -2.62. The van der Waals surface area contributed by atoms with Crippen LogP contribution >= 0.6 is 11.3 Å². The van der Waals surface area contributed by atoms with Gasteiger partial charge in [-0.3, -0.25) is 18.7 Å². The number of hydrogen-bond donors (Lipinski definition) is 0. The minimum Gasteiger partial charge on any atom is -0.306 e. The van der Waals surface area contributed by atoms with Gasteiger partial charge in [0.2, 0.25) is 0 Å². The normalized spacial score (nSPS) is 12.1. The fourth-order valence-electron chi connectivity index (χ4n) is 21.6. The van der Waals surface area contributed by atoms with Crippen molar-refractivity contribution in [3.63, 3.8) is 0 Å². The van der Waals surface area contributed by atoms with Crippen molar-refractivity contribution in [3.8, 4) is 106 Å². The Kier molecular flexibility index (Phi) is 20.8. The third kappa shape index (κ3) is 14.5. The Morgan fingerprint density at radius 2 is 0.514 bits per heavy atom. The van der Waals surface area contributed by atoms with E-state index in [-0.39, 0.29) is 0 Å². The van der Waals surface area contributed by atoms with Crippen LogP contribution in [0.25, 0.3) is 172 Å². The lowest BCUT2D eigenvalue weighted by atomic mass is 9.99. The number of nitrogens with zero attached hydrogens (tertiary/aromatic N) is 12. The molecule has 144 heavy (non-hydrogen) atoms. The summed E-state index contributed by atoms with van der Waals surface area (Å²) < 4.78 is 8.21. The molecule has 14 heteroatoms. The van der Waals surface area contributed by atoms with E-state index in [0.717, 1.165) is 201 Å². The summed E-state index contributed by atoms with van der Waals surface area (Å²) in [6.07, 6.45) is 1.83. The molecule has 0 saturated heterocycles. The van der Waals surface area contributed by atoms with Gasteiger partial charge in [-0.1, -0.05) is 382 Å². The number of rotatable bonds is 15. The standard InChI is InChI=1S/C49H35N3Si.C43H27N5.C38H24N4S/c1-6-17-37(18-7-1)49-50-44-27-16-28-46-48(44)52(49)45-34-31-38(35-47(45)51(46)39-19-8-2-9-20-39)36-29-32-43(33-30-36)53(40-21-10-3-11-22-40,41-23-12-4-13-24-41)42-25-14-5-15-26-42;1-3-9-32(10-4-1)43-46-36-14-7-15-38-42(36)48(43)37-25-23-33(27-39(37)47(38)34-12-5-2-6-13-34)28-16-18-29(19-17-28)35-24-22-31-21-20-30-11-8-26-44-40(30)41(31)45-35;1-3-10-26(11-4-1)37-39-31-15-9-16-33-36(31)42(37)32-23-22-28(24-34(32)41(33)29-12-5-2-6-13-29)25-18-20-27(21-19-25)38-40-30-14-7-8-17-35(30)43-38/h1-35H;1-27H;1-24H. The van der Waals surface area contributed by atoms with Gasteiger partial charge in [-0.15, -0.1) is 11.3 Å².